The Balaban J connectivity index is 2.22. The van der Waals surface area contributed by atoms with Gasteiger partial charge in [-0.15, -0.1) is 0 Å². The Labute approximate surface area is 81.5 Å². The van der Waals surface area contributed by atoms with E-state index in [0.717, 1.165) is 22.6 Å². The van der Waals surface area contributed by atoms with Gasteiger partial charge in [-0.2, -0.15) is 0 Å². The first-order valence-corrected chi connectivity index (χ1v) is 4.47. The lowest BCUT2D eigenvalue weighted by molar-refractivity contribution is 0.471. The number of rotatable bonds is 0. The summed E-state index contributed by atoms with van der Waals surface area (Å²) in [7, 11) is 0. The first-order chi connectivity index (χ1) is 6.95. The van der Waals surface area contributed by atoms with Gasteiger partial charge in [0.05, 0.1) is 18.5 Å². The maximum absolute atomic E-state index is 5.48. The molecule has 0 fully saturated rings. The first-order valence-electron chi connectivity index (χ1n) is 4.47. The molecule has 0 aromatic heterocycles. The van der Waals surface area contributed by atoms with E-state index in [0.29, 0.717) is 6.54 Å². The molecule has 3 rings (SSSR count). The van der Waals surface area contributed by atoms with E-state index in [1.54, 1.807) is 12.6 Å². The SMILES string of the molecule is C1=NCC2=COc3ccccc3C2=N1. The zero-order valence-corrected chi connectivity index (χ0v) is 7.47. The Morgan fingerprint density at radius 3 is 3.14 bits per heavy atom. The molecule has 2 heterocycles. The van der Waals surface area contributed by atoms with Crippen LogP contribution >= 0.6 is 0 Å². The van der Waals surface area contributed by atoms with Gasteiger partial charge in [0.25, 0.3) is 0 Å². The van der Waals surface area contributed by atoms with Crippen LogP contribution in [0.1, 0.15) is 5.56 Å². The number of nitrogens with zero attached hydrogens (tertiary/aromatic N) is 2. The van der Waals surface area contributed by atoms with E-state index in [2.05, 4.69) is 9.98 Å². The van der Waals surface area contributed by atoms with Crippen molar-refractivity contribution in [3.8, 4) is 5.75 Å². The van der Waals surface area contributed by atoms with Crippen molar-refractivity contribution >= 4 is 12.1 Å². The molecule has 0 N–H and O–H groups in total. The van der Waals surface area contributed by atoms with E-state index in [4.69, 9.17) is 4.74 Å². The van der Waals surface area contributed by atoms with Gasteiger partial charge in [0.2, 0.25) is 0 Å². The highest BCUT2D eigenvalue weighted by Crippen LogP contribution is 2.27. The smallest absolute Gasteiger partial charge is 0.135 e. The molecule has 1 aromatic rings. The van der Waals surface area contributed by atoms with Crippen LogP contribution in [0.3, 0.4) is 0 Å². The van der Waals surface area contributed by atoms with Gasteiger partial charge >= 0.3 is 0 Å². The fourth-order valence-electron chi connectivity index (χ4n) is 1.63. The fourth-order valence-corrected chi connectivity index (χ4v) is 1.63. The minimum Gasteiger partial charge on any atom is -0.464 e. The summed E-state index contributed by atoms with van der Waals surface area (Å²) in [6.45, 7) is 0.660. The van der Waals surface area contributed by atoms with Gasteiger partial charge in [0, 0.05) is 11.1 Å². The standard InChI is InChI=1S/C11H8N2O/c1-2-4-10-9(3-1)11-8(6-14-10)5-12-7-13-11/h1-4,6-7H,5H2. The van der Waals surface area contributed by atoms with Gasteiger partial charge in [0.15, 0.2) is 0 Å². The van der Waals surface area contributed by atoms with Gasteiger partial charge in [-0.1, -0.05) is 12.1 Å². The summed E-state index contributed by atoms with van der Waals surface area (Å²) in [6.07, 6.45) is 3.34. The molecule has 2 aliphatic heterocycles. The number of para-hydroxylation sites is 1. The predicted octanol–water partition coefficient (Wildman–Crippen LogP) is 1.79. The summed E-state index contributed by atoms with van der Waals surface area (Å²) in [5.74, 6) is 0.866. The van der Waals surface area contributed by atoms with E-state index < -0.39 is 0 Å². The quantitative estimate of drug-likeness (QED) is 0.605. The Hall–Kier alpha value is -1.90. The van der Waals surface area contributed by atoms with Crippen LogP contribution in [0.15, 0.2) is 46.1 Å². The van der Waals surface area contributed by atoms with Crippen LogP contribution in [0.4, 0.5) is 0 Å². The molecule has 3 nitrogen and oxygen atoms in total. The molecule has 14 heavy (non-hydrogen) atoms. The van der Waals surface area contributed by atoms with E-state index >= 15 is 0 Å². The molecule has 68 valence electrons. The van der Waals surface area contributed by atoms with Crippen molar-refractivity contribution in [2.45, 2.75) is 0 Å². The summed E-state index contributed by atoms with van der Waals surface area (Å²) >= 11 is 0. The van der Waals surface area contributed by atoms with Gasteiger partial charge < -0.3 is 4.74 Å². The topological polar surface area (TPSA) is 34.0 Å². The number of aliphatic imine (C=N–C) groups is 2. The summed E-state index contributed by atoms with van der Waals surface area (Å²) in [4.78, 5) is 8.34. The minimum absolute atomic E-state index is 0.660. The van der Waals surface area contributed by atoms with Crippen molar-refractivity contribution in [3.05, 3.63) is 41.7 Å². The third-order valence-corrected chi connectivity index (χ3v) is 2.30. The van der Waals surface area contributed by atoms with Gasteiger partial charge in [0.1, 0.15) is 12.1 Å². The Morgan fingerprint density at radius 2 is 2.14 bits per heavy atom. The van der Waals surface area contributed by atoms with Crippen molar-refractivity contribution in [1.29, 1.82) is 0 Å². The second kappa shape index (κ2) is 2.80. The maximum Gasteiger partial charge on any atom is 0.135 e. The van der Waals surface area contributed by atoms with Gasteiger partial charge in [-0.3, -0.25) is 4.99 Å². The minimum atomic E-state index is 0.660. The molecule has 0 saturated heterocycles. The molecule has 0 bridgehead atoms. The largest absolute Gasteiger partial charge is 0.464 e. The highest BCUT2D eigenvalue weighted by atomic mass is 16.5. The van der Waals surface area contributed by atoms with E-state index in [1.165, 1.54) is 0 Å². The normalized spacial score (nSPS) is 17.4. The second-order valence-corrected chi connectivity index (χ2v) is 3.19. The molecule has 0 aliphatic carbocycles. The Morgan fingerprint density at radius 1 is 1.21 bits per heavy atom. The molecule has 0 atom stereocenters. The molecule has 2 aliphatic rings. The van der Waals surface area contributed by atoms with Crippen LogP contribution < -0.4 is 4.74 Å². The number of fused-ring (bicyclic) bond motifs is 3. The van der Waals surface area contributed by atoms with Crippen LogP contribution in [-0.4, -0.2) is 18.6 Å². The number of hydrogen-bond acceptors (Lipinski definition) is 3. The lowest BCUT2D eigenvalue weighted by Crippen LogP contribution is -2.17. The highest BCUT2D eigenvalue weighted by molar-refractivity contribution is 6.18. The molecule has 1 aromatic carbocycles. The van der Waals surface area contributed by atoms with Crippen LogP contribution in [0, 0.1) is 0 Å². The summed E-state index contributed by atoms with van der Waals surface area (Å²) in [5, 5.41) is 0. The summed E-state index contributed by atoms with van der Waals surface area (Å²) < 4.78 is 5.48. The number of ether oxygens (including phenoxy) is 1. The van der Waals surface area contributed by atoms with Crippen molar-refractivity contribution in [2.75, 3.05) is 6.54 Å². The van der Waals surface area contributed by atoms with Crippen molar-refractivity contribution in [3.63, 3.8) is 0 Å². The molecule has 0 unspecified atom stereocenters. The highest BCUT2D eigenvalue weighted by Gasteiger charge is 2.20. The lowest BCUT2D eigenvalue weighted by Gasteiger charge is -2.19. The Bertz CT molecular complexity index is 472. The third kappa shape index (κ3) is 0.988. The molecule has 0 spiro atoms. The zero-order valence-electron chi connectivity index (χ0n) is 7.47. The second-order valence-electron chi connectivity index (χ2n) is 3.19. The molecule has 0 amide bonds. The molecule has 3 heteroatoms. The zero-order chi connectivity index (χ0) is 9.38. The van der Waals surface area contributed by atoms with E-state index in [-0.39, 0.29) is 0 Å². The lowest BCUT2D eigenvalue weighted by atomic mass is 10.00. The van der Waals surface area contributed by atoms with Crippen molar-refractivity contribution < 1.29 is 4.74 Å². The van der Waals surface area contributed by atoms with Crippen LogP contribution in [-0.2, 0) is 0 Å². The summed E-state index contributed by atoms with van der Waals surface area (Å²) in [5.41, 5.74) is 3.09. The van der Waals surface area contributed by atoms with Crippen molar-refractivity contribution in [1.82, 2.24) is 0 Å². The Kier molecular flexibility index (Phi) is 1.50. The average molecular weight is 184 g/mol. The van der Waals surface area contributed by atoms with E-state index in [9.17, 15) is 0 Å². The molecule has 0 saturated carbocycles. The third-order valence-electron chi connectivity index (χ3n) is 2.30. The number of benzene rings is 1. The molecular formula is C11H8N2O. The fraction of sp³-hybridized carbons (Fsp3) is 0.0909. The van der Waals surface area contributed by atoms with Crippen LogP contribution in [0.5, 0.6) is 5.75 Å². The maximum atomic E-state index is 5.48. The van der Waals surface area contributed by atoms with Gasteiger partial charge in [-0.05, 0) is 12.1 Å². The monoisotopic (exact) mass is 184 g/mol. The average Bonchev–Trinajstić information content (AvgIpc) is 2.29. The van der Waals surface area contributed by atoms with Gasteiger partial charge in [-0.25, -0.2) is 4.99 Å². The van der Waals surface area contributed by atoms with E-state index in [1.807, 2.05) is 24.3 Å². The predicted molar refractivity (Wildman–Crippen MR) is 55.0 cm³/mol. The summed E-state index contributed by atoms with van der Waals surface area (Å²) in [6, 6.07) is 7.89. The molecular weight excluding hydrogens is 176 g/mol. The molecule has 0 radical (unpaired) electrons. The number of hydrogen-bond donors (Lipinski definition) is 0. The van der Waals surface area contributed by atoms with Crippen molar-refractivity contribution in [2.24, 2.45) is 9.98 Å². The van der Waals surface area contributed by atoms with Crippen LogP contribution in [0.25, 0.3) is 0 Å². The first kappa shape index (κ1) is 7.50. The van der Waals surface area contributed by atoms with Crippen LogP contribution in [0.2, 0.25) is 0 Å².